The molecule has 0 aliphatic carbocycles. The number of hydrogen-bond acceptors (Lipinski definition) is 7. The fourth-order valence-electron chi connectivity index (χ4n) is 6.65. The van der Waals surface area contributed by atoms with Gasteiger partial charge < -0.3 is 9.47 Å². The Kier molecular flexibility index (Phi) is 7.99. The molecule has 0 unspecified atom stereocenters. The van der Waals surface area contributed by atoms with Gasteiger partial charge >= 0.3 is 0 Å². The topological polar surface area (TPSA) is 87.8 Å². The second-order valence-corrected chi connectivity index (χ2v) is 13.6. The van der Waals surface area contributed by atoms with Crippen molar-refractivity contribution in [2.24, 2.45) is 0 Å². The second kappa shape index (κ2) is 12.8. The molecule has 8 nitrogen and oxygen atoms in total. The van der Waals surface area contributed by atoms with Crippen LogP contribution in [0.4, 0.5) is 0 Å². The number of ether oxygens (including phenoxy) is 2. The highest BCUT2D eigenvalue weighted by Crippen LogP contribution is 2.41. The number of rotatable bonds is 9. The van der Waals surface area contributed by atoms with Crippen molar-refractivity contribution in [2.75, 3.05) is 0 Å². The predicted octanol–water partition coefficient (Wildman–Crippen LogP) is 10.00. The molecule has 4 aromatic carbocycles. The van der Waals surface area contributed by atoms with E-state index >= 15 is 0 Å². The molecule has 8 rings (SSSR count). The molecule has 8 heteroatoms. The smallest absolute Gasteiger partial charge is 0.237 e. The molecule has 250 valence electrons. The third-order valence-corrected chi connectivity index (χ3v) is 9.72. The molecule has 0 radical (unpaired) electrons. The van der Waals surface area contributed by atoms with Crippen molar-refractivity contribution in [3.05, 3.63) is 169 Å². The molecule has 4 aromatic heterocycles. The summed E-state index contributed by atoms with van der Waals surface area (Å²) in [6, 6.07) is 41.1. The Morgan fingerprint density at radius 1 is 0.471 bits per heavy atom. The quantitative estimate of drug-likeness (QED) is 0.151. The lowest BCUT2D eigenvalue weighted by Gasteiger charge is -2.27. The lowest BCUT2D eigenvalue weighted by Crippen LogP contribution is -2.19. The zero-order valence-electron chi connectivity index (χ0n) is 28.9. The Morgan fingerprint density at radius 2 is 0.941 bits per heavy atom. The molecular weight excluding hydrogens is 633 g/mol. The van der Waals surface area contributed by atoms with Crippen LogP contribution in [-0.4, -0.2) is 29.5 Å². The van der Waals surface area contributed by atoms with Crippen molar-refractivity contribution in [1.82, 2.24) is 29.5 Å². The number of fused-ring (bicyclic) bond motifs is 3. The van der Waals surface area contributed by atoms with E-state index in [1.54, 1.807) is 25.0 Å². The first-order valence-electron chi connectivity index (χ1n) is 16.9. The van der Waals surface area contributed by atoms with E-state index in [1.165, 1.54) is 0 Å². The van der Waals surface area contributed by atoms with Crippen molar-refractivity contribution in [3.63, 3.8) is 0 Å². The highest BCUT2D eigenvalue weighted by molar-refractivity contribution is 6.09. The van der Waals surface area contributed by atoms with Gasteiger partial charge in [-0.25, -0.2) is 24.9 Å². The number of nitrogens with zero attached hydrogens (tertiary/aromatic N) is 6. The minimum absolute atomic E-state index is 0.354. The van der Waals surface area contributed by atoms with Crippen LogP contribution in [-0.2, 0) is 10.8 Å². The average Bonchev–Trinajstić information content (AvgIpc) is 3.49. The van der Waals surface area contributed by atoms with E-state index < -0.39 is 0 Å². The number of hydrogen-bond donors (Lipinski definition) is 0. The first kappa shape index (κ1) is 31.8. The highest BCUT2D eigenvalue weighted by atomic mass is 16.5. The maximum absolute atomic E-state index is 6.09. The van der Waals surface area contributed by atoms with E-state index in [-0.39, 0.29) is 10.8 Å². The summed E-state index contributed by atoms with van der Waals surface area (Å²) in [6.45, 7) is 8.93. The lowest BCUT2D eigenvalue weighted by molar-refractivity contribution is 0.460. The summed E-state index contributed by atoms with van der Waals surface area (Å²) in [6.07, 6.45) is 6.54. The van der Waals surface area contributed by atoms with Gasteiger partial charge in [0.1, 0.15) is 24.2 Å². The molecule has 0 atom stereocenters. The summed E-state index contributed by atoms with van der Waals surface area (Å²) in [4.78, 5) is 22.0. The van der Waals surface area contributed by atoms with Crippen molar-refractivity contribution in [1.29, 1.82) is 0 Å². The van der Waals surface area contributed by atoms with Gasteiger partial charge in [0.25, 0.3) is 0 Å². The molecule has 8 aromatic rings. The molecule has 0 fully saturated rings. The molecule has 0 aliphatic rings. The zero-order chi connectivity index (χ0) is 35.0. The standard InChI is InChI=1S/C43H36N6O2/c1-42(2,29-11-9-13-33(23-29)50-39-15-5-7-21-45-39)31-17-19-35-36-20-18-32(26-38(36)49(37(35)25-31)41-47-27-44-28-48-41)43(3,4)30-12-10-14-34(24-30)51-40-16-6-8-22-46-40/h5-28H,1-4H3. The summed E-state index contributed by atoms with van der Waals surface area (Å²) < 4.78 is 14.3. The largest absolute Gasteiger partial charge is 0.439 e. The van der Waals surface area contributed by atoms with Crippen LogP contribution < -0.4 is 9.47 Å². The first-order chi connectivity index (χ1) is 24.8. The van der Waals surface area contributed by atoms with Gasteiger partial charge in [-0.1, -0.05) is 88.4 Å². The molecule has 0 N–H and O–H groups in total. The molecule has 0 aliphatic heterocycles. The van der Waals surface area contributed by atoms with Crippen LogP contribution in [0.15, 0.2) is 146 Å². The molecule has 0 bridgehead atoms. The second-order valence-electron chi connectivity index (χ2n) is 13.6. The Hall–Kier alpha value is -6.41. The monoisotopic (exact) mass is 668 g/mol. The fourth-order valence-corrected chi connectivity index (χ4v) is 6.65. The van der Waals surface area contributed by atoms with Gasteiger partial charge in [0.15, 0.2) is 0 Å². The van der Waals surface area contributed by atoms with Crippen LogP contribution in [0.2, 0.25) is 0 Å². The third kappa shape index (κ3) is 6.06. The van der Waals surface area contributed by atoms with E-state index in [4.69, 9.17) is 9.47 Å². The van der Waals surface area contributed by atoms with Gasteiger partial charge in [-0.3, -0.25) is 4.57 Å². The van der Waals surface area contributed by atoms with Crippen molar-refractivity contribution >= 4 is 21.8 Å². The van der Waals surface area contributed by atoms with Gasteiger partial charge in [0, 0.05) is 46.1 Å². The van der Waals surface area contributed by atoms with E-state index in [9.17, 15) is 0 Å². The summed E-state index contributed by atoms with van der Waals surface area (Å²) in [5, 5.41) is 2.24. The van der Waals surface area contributed by atoms with E-state index in [0.717, 1.165) is 55.6 Å². The maximum atomic E-state index is 6.09. The first-order valence-corrected chi connectivity index (χ1v) is 16.9. The van der Waals surface area contributed by atoms with Crippen molar-refractivity contribution < 1.29 is 9.47 Å². The number of benzene rings is 4. The fraction of sp³-hybridized carbons (Fsp3) is 0.140. The highest BCUT2D eigenvalue weighted by Gasteiger charge is 2.28. The Labute approximate surface area is 296 Å². The Bertz CT molecular complexity index is 2320. The van der Waals surface area contributed by atoms with Crippen LogP contribution in [0.25, 0.3) is 27.8 Å². The molecule has 51 heavy (non-hydrogen) atoms. The lowest BCUT2D eigenvalue weighted by atomic mass is 9.77. The predicted molar refractivity (Wildman–Crippen MR) is 200 cm³/mol. The van der Waals surface area contributed by atoms with Crippen molar-refractivity contribution in [3.8, 4) is 29.2 Å². The van der Waals surface area contributed by atoms with Crippen LogP contribution in [0.1, 0.15) is 49.9 Å². The van der Waals surface area contributed by atoms with Gasteiger partial charge in [-0.15, -0.1) is 0 Å². The normalized spacial score (nSPS) is 11.9. The Balaban J connectivity index is 1.22. The van der Waals surface area contributed by atoms with Gasteiger partial charge in [-0.2, -0.15) is 0 Å². The molecule has 0 saturated carbocycles. The molecule has 0 saturated heterocycles. The summed E-state index contributed by atoms with van der Waals surface area (Å²) >= 11 is 0. The zero-order valence-corrected chi connectivity index (χ0v) is 28.9. The summed E-state index contributed by atoms with van der Waals surface area (Å²) in [5.41, 5.74) is 5.86. The molecule has 0 spiro atoms. The van der Waals surface area contributed by atoms with Gasteiger partial charge in [-0.05, 0) is 70.8 Å². The van der Waals surface area contributed by atoms with E-state index in [0.29, 0.717) is 17.7 Å². The van der Waals surface area contributed by atoms with Gasteiger partial charge in [0.05, 0.1) is 11.0 Å². The Morgan fingerprint density at radius 3 is 1.39 bits per heavy atom. The average molecular weight is 669 g/mol. The van der Waals surface area contributed by atoms with Crippen LogP contribution in [0.3, 0.4) is 0 Å². The van der Waals surface area contributed by atoms with E-state index in [2.05, 4.69) is 118 Å². The van der Waals surface area contributed by atoms with Crippen LogP contribution in [0.5, 0.6) is 23.3 Å². The van der Waals surface area contributed by atoms with Crippen LogP contribution >= 0.6 is 0 Å². The number of aromatic nitrogens is 6. The van der Waals surface area contributed by atoms with Gasteiger partial charge in [0.2, 0.25) is 17.7 Å². The minimum atomic E-state index is -0.354. The summed E-state index contributed by atoms with van der Waals surface area (Å²) in [5.74, 6) is 3.16. The van der Waals surface area contributed by atoms with Crippen LogP contribution in [0, 0.1) is 0 Å². The van der Waals surface area contributed by atoms with Crippen molar-refractivity contribution in [2.45, 2.75) is 38.5 Å². The molecular formula is C43H36N6O2. The summed E-state index contributed by atoms with van der Waals surface area (Å²) in [7, 11) is 0. The molecule has 0 amide bonds. The SMILES string of the molecule is CC(C)(c1cccc(Oc2ccccn2)c1)c1ccc2c3ccc(C(C)(C)c4cccc(Oc5ccccn5)c4)cc3n(-c3ncncn3)c2c1. The van der Waals surface area contributed by atoms with E-state index in [1.807, 2.05) is 60.7 Å². The molecule has 4 heterocycles. The third-order valence-electron chi connectivity index (χ3n) is 9.72. The maximum Gasteiger partial charge on any atom is 0.237 e. The number of pyridine rings is 2. The minimum Gasteiger partial charge on any atom is -0.439 e.